The van der Waals surface area contributed by atoms with E-state index in [4.69, 9.17) is 21.4 Å². The minimum atomic E-state index is 0.182. The zero-order chi connectivity index (χ0) is 13.4. The first kappa shape index (κ1) is 15.3. The summed E-state index contributed by atoms with van der Waals surface area (Å²) >= 11 is 6.06. The molecule has 0 aliphatic heterocycles. The summed E-state index contributed by atoms with van der Waals surface area (Å²) in [5.74, 6) is 0.772. The molecule has 0 saturated heterocycles. The van der Waals surface area contributed by atoms with Crippen molar-refractivity contribution in [1.29, 1.82) is 0 Å². The quantitative estimate of drug-likeness (QED) is 0.715. The van der Waals surface area contributed by atoms with E-state index < -0.39 is 0 Å². The fraction of sp³-hybridized carbons (Fsp3) is 0.571. The van der Waals surface area contributed by atoms with Crippen molar-refractivity contribution < 1.29 is 9.84 Å². The molecule has 1 aromatic carbocycles. The van der Waals surface area contributed by atoms with Crippen molar-refractivity contribution in [2.75, 3.05) is 19.8 Å². The van der Waals surface area contributed by atoms with E-state index in [1.54, 1.807) is 0 Å². The first-order valence-electron chi connectivity index (χ1n) is 6.41. The van der Waals surface area contributed by atoms with Crippen molar-refractivity contribution in [3.8, 4) is 5.75 Å². The molecule has 0 spiro atoms. The summed E-state index contributed by atoms with van der Waals surface area (Å²) in [5.41, 5.74) is 1.05. The molecule has 0 aliphatic rings. The molecule has 0 heterocycles. The highest BCUT2D eigenvalue weighted by Crippen LogP contribution is 2.27. The molecule has 1 atom stereocenters. The number of para-hydroxylation sites is 1. The normalized spacial score (nSPS) is 12.4. The third-order valence-electron chi connectivity index (χ3n) is 2.88. The summed E-state index contributed by atoms with van der Waals surface area (Å²) in [6.07, 6.45) is 1.82. The zero-order valence-corrected chi connectivity index (χ0v) is 11.8. The van der Waals surface area contributed by atoms with E-state index in [1.807, 2.05) is 25.1 Å². The predicted octanol–water partition coefficient (Wildman–Crippen LogP) is 2.78. The lowest BCUT2D eigenvalue weighted by molar-refractivity contribution is 0.234. The van der Waals surface area contributed by atoms with Gasteiger partial charge in [0.25, 0.3) is 0 Å². The van der Waals surface area contributed by atoms with Crippen molar-refractivity contribution in [3.05, 3.63) is 28.8 Å². The number of benzene rings is 1. The fourth-order valence-electron chi connectivity index (χ4n) is 1.69. The average molecular weight is 272 g/mol. The van der Waals surface area contributed by atoms with E-state index in [2.05, 4.69) is 12.2 Å². The molecular formula is C14H22ClNO2. The Balaban J connectivity index is 2.26. The van der Waals surface area contributed by atoms with Gasteiger partial charge in [-0.15, -0.1) is 0 Å². The van der Waals surface area contributed by atoms with Crippen LogP contribution in [0.25, 0.3) is 0 Å². The Hall–Kier alpha value is -0.770. The molecule has 0 fully saturated rings. The molecular weight excluding hydrogens is 250 g/mol. The van der Waals surface area contributed by atoms with Crippen LogP contribution in [0.3, 0.4) is 0 Å². The second kappa shape index (κ2) is 8.35. The Kier molecular flexibility index (Phi) is 7.09. The van der Waals surface area contributed by atoms with Crippen LogP contribution in [0, 0.1) is 6.92 Å². The molecule has 0 radical (unpaired) electrons. The summed E-state index contributed by atoms with van der Waals surface area (Å²) < 4.78 is 5.68. The van der Waals surface area contributed by atoms with Crippen molar-refractivity contribution in [1.82, 2.24) is 5.32 Å². The average Bonchev–Trinajstić information content (AvgIpc) is 2.37. The molecule has 1 unspecified atom stereocenters. The van der Waals surface area contributed by atoms with Gasteiger partial charge in [0.05, 0.1) is 18.2 Å². The van der Waals surface area contributed by atoms with Crippen LogP contribution in [0.1, 0.15) is 25.3 Å². The highest BCUT2D eigenvalue weighted by Gasteiger charge is 2.05. The number of nitrogens with one attached hydrogen (secondary N) is 1. The summed E-state index contributed by atoms with van der Waals surface area (Å²) in [4.78, 5) is 0. The van der Waals surface area contributed by atoms with E-state index >= 15 is 0 Å². The Morgan fingerprint density at radius 1 is 1.44 bits per heavy atom. The third-order valence-corrected chi connectivity index (χ3v) is 3.18. The Morgan fingerprint density at radius 2 is 2.22 bits per heavy atom. The van der Waals surface area contributed by atoms with Crippen LogP contribution in [-0.4, -0.2) is 30.9 Å². The summed E-state index contributed by atoms with van der Waals surface area (Å²) in [6.45, 7) is 5.68. The van der Waals surface area contributed by atoms with Crippen molar-refractivity contribution in [2.24, 2.45) is 0 Å². The van der Waals surface area contributed by atoms with E-state index in [0.717, 1.165) is 30.7 Å². The largest absolute Gasteiger partial charge is 0.492 e. The molecule has 4 heteroatoms. The smallest absolute Gasteiger partial charge is 0.140 e. The zero-order valence-electron chi connectivity index (χ0n) is 11.1. The molecule has 0 aliphatic carbocycles. The van der Waals surface area contributed by atoms with Gasteiger partial charge in [-0.1, -0.05) is 30.7 Å². The van der Waals surface area contributed by atoms with Crippen LogP contribution in [0.5, 0.6) is 5.75 Å². The molecule has 18 heavy (non-hydrogen) atoms. The van der Waals surface area contributed by atoms with Crippen LogP contribution in [0.15, 0.2) is 18.2 Å². The van der Waals surface area contributed by atoms with E-state index in [1.165, 1.54) is 0 Å². The first-order chi connectivity index (χ1) is 8.69. The number of hydrogen-bond donors (Lipinski definition) is 2. The molecule has 1 aromatic rings. The van der Waals surface area contributed by atoms with E-state index in [9.17, 15) is 0 Å². The molecule has 2 N–H and O–H groups in total. The van der Waals surface area contributed by atoms with Crippen molar-refractivity contribution in [3.63, 3.8) is 0 Å². The highest BCUT2D eigenvalue weighted by atomic mass is 35.5. The maximum Gasteiger partial charge on any atom is 0.140 e. The summed E-state index contributed by atoms with van der Waals surface area (Å²) in [5, 5.41) is 13.0. The van der Waals surface area contributed by atoms with E-state index in [-0.39, 0.29) is 12.6 Å². The van der Waals surface area contributed by atoms with Gasteiger partial charge in [0, 0.05) is 6.04 Å². The lowest BCUT2D eigenvalue weighted by Gasteiger charge is -2.14. The van der Waals surface area contributed by atoms with Gasteiger partial charge in [-0.3, -0.25) is 0 Å². The topological polar surface area (TPSA) is 41.5 Å². The number of aryl methyl sites for hydroxylation is 1. The number of ether oxygens (including phenoxy) is 1. The third kappa shape index (κ3) is 4.84. The predicted molar refractivity (Wildman–Crippen MR) is 75.5 cm³/mol. The first-order valence-corrected chi connectivity index (χ1v) is 6.79. The van der Waals surface area contributed by atoms with Crippen molar-refractivity contribution in [2.45, 2.75) is 32.7 Å². The number of halogens is 1. The maximum atomic E-state index is 9.02. The van der Waals surface area contributed by atoms with Crippen LogP contribution in [0.4, 0.5) is 0 Å². The second-order valence-electron chi connectivity index (χ2n) is 4.33. The summed E-state index contributed by atoms with van der Waals surface area (Å²) in [6, 6.07) is 5.92. The Bertz CT molecular complexity index is 333. The minimum absolute atomic E-state index is 0.182. The number of rotatable bonds is 8. The number of hydrogen-bond acceptors (Lipinski definition) is 3. The Morgan fingerprint density at radius 3 is 2.83 bits per heavy atom. The molecule has 0 aromatic heterocycles. The van der Waals surface area contributed by atoms with Gasteiger partial charge in [0.15, 0.2) is 0 Å². The minimum Gasteiger partial charge on any atom is -0.492 e. The van der Waals surface area contributed by atoms with E-state index in [0.29, 0.717) is 11.6 Å². The lowest BCUT2D eigenvalue weighted by Crippen LogP contribution is -2.33. The lowest BCUT2D eigenvalue weighted by atomic mass is 10.2. The standard InChI is InChI=1S/C14H22ClNO2/c1-3-12(10-17)16-8-5-9-18-14-11(2)6-4-7-13(14)15/h4,6-7,12,16-17H,3,5,8-10H2,1-2H3. The van der Waals surface area contributed by atoms with Gasteiger partial charge in [0.2, 0.25) is 0 Å². The fourth-order valence-corrected chi connectivity index (χ4v) is 1.97. The van der Waals surface area contributed by atoms with Gasteiger partial charge < -0.3 is 15.2 Å². The van der Waals surface area contributed by atoms with Gasteiger partial charge >= 0.3 is 0 Å². The van der Waals surface area contributed by atoms with Crippen LogP contribution < -0.4 is 10.1 Å². The SMILES string of the molecule is CCC(CO)NCCCOc1c(C)cccc1Cl. The van der Waals surface area contributed by atoms with Gasteiger partial charge in [-0.2, -0.15) is 0 Å². The molecule has 0 bridgehead atoms. The molecule has 102 valence electrons. The van der Waals surface area contributed by atoms with Gasteiger partial charge in [0.1, 0.15) is 5.75 Å². The second-order valence-corrected chi connectivity index (χ2v) is 4.74. The van der Waals surface area contributed by atoms with Gasteiger partial charge in [-0.05, 0) is 37.9 Å². The summed E-state index contributed by atoms with van der Waals surface area (Å²) in [7, 11) is 0. The van der Waals surface area contributed by atoms with Crippen LogP contribution in [-0.2, 0) is 0 Å². The van der Waals surface area contributed by atoms with Crippen LogP contribution in [0.2, 0.25) is 5.02 Å². The maximum absolute atomic E-state index is 9.02. The highest BCUT2D eigenvalue weighted by molar-refractivity contribution is 6.32. The van der Waals surface area contributed by atoms with Gasteiger partial charge in [-0.25, -0.2) is 0 Å². The van der Waals surface area contributed by atoms with Crippen molar-refractivity contribution >= 4 is 11.6 Å². The molecule has 0 amide bonds. The monoisotopic (exact) mass is 271 g/mol. The van der Waals surface area contributed by atoms with Crippen LogP contribution >= 0.6 is 11.6 Å². The number of aliphatic hydroxyl groups excluding tert-OH is 1. The molecule has 1 rings (SSSR count). The Labute approximate surface area is 114 Å². The molecule has 3 nitrogen and oxygen atoms in total. The number of aliphatic hydroxyl groups is 1. The molecule has 0 saturated carbocycles.